The number of rotatable bonds is 16. The Labute approximate surface area is 431 Å². The number of carbonyl (C=O) groups is 6. The molecule has 14 heteroatoms. The first kappa shape index (κ1) is 49.6. The van der Waals surface area contributed by atoms with Crippen molar-refractivity contribution in [2.24, 2.45) is 0 Å². The van der Waals surface area contributed by atoms with Gasteiger partial charge < -0.3 is 20.1 Å². The number of esters is 2. The first-order chi connectivity index (χ1) is 36.1. The number of imide groups is 2. The number of hydrogen-bond donors (Lipinski definition) is 2. The van der Waals surface area contributed by atoms with E-state index in [1.165, 1.54) is 11.1 Å². The number of hydrogen-bond acceptors (Lipinski definition) is 10. The predicted molar refractivity (Wildman–Crippen MR) is 277 cm³/mol. The summed E-state index contributed by atoms with van der Waals surface area (Å²) in [6.45, 7) is 2.07. The molecule has 4 heterocycles. The van der Waals surface area contributed by atoms with E-state index in [9.17, 15) is 28.8 Å². The number of urea groups is 2. The minimum atomic E-state index is -1.57. The fraction of sp³-hybridized carbons (Fsp3) is 0.300. The number of benzene rings is 6. The van der Waals surface area contributed by atoms with Gasteiger partial charge in [-0.05, 0) is 97.1 Å². The van der Waals surface area contributed by atoms with E-state index in [2.05, 4.69) is 44.7 Å². The Morgan fingerprint density at radius 3 is 0.973 bits per heavy atom. The van der Waals surface area contributed by atoms with Crippen molar-refractivity contribution in [1.82, 2.24) is 30.2 Å². The summed E-state index contributed by atoms with van der Waals surface area (Å²) < 4.78 is 12.2. The van der Waals surface area contributed by atoms with Crippen LogP contribution in [0.25, 0.3) is 0 Å². The second kappa shape index (κ2) is 22.0. The molecule has 4 fully saturated rings. The Morgan fingerprint density at radius 1 is 0.419 bits per heavy atom. The molecule has 0 saturated carbocycles. The van der Waals surface area contributed by atoms with Crippen LogP contribution in [0.15, 0.2) is 182 Å². The van der Waals surface area contributed by atoms with Gasteiger partial charge in [0.25, 0.3) is 11.8 Å². The zero-order valence-corrected chi connectivity index (χ0v) is 41.2. The first-order valence-electron chi connectivity index (χ1n) is 25.6. The summed E-state index contributed by atoms with van der Waals surface area (Å²) in [6, 6.07) is 55.2. The van der Waals surface area contributed by atoms with E-state index in [1.54, 1.807) is 97.1 Å². The summed E-state index contributed by atoms with van der Waals surface area (Å²) in [7, 11) is 0. The number of likely N-dealkylation sites (tertiary alicyclic amines) is 2. The lowest BCUT2D eigenvalue weighted by molar-refractivity contribution is -0.176. The van der Waals surface area contributed by atoms with E-state index in [1.807, 2.05) is 60.7 Å². The van der Waals surface area contributed by atoms with Gasteiger partial charge in [0.1, 0.15) is 12.2 Å². The molecule has 10 rings (SSSR count). The van der Waals surface area contributed by atoms with Crippen LogP contribution in [0.5, 0.6) is 0 Å². The van der Waals surface area contributed by atoms with E-state index >= 15 is 0 Å². The normalized spacial score (nSPS) is 19.1. The number of piperidine rings is 2. The number of amides is 6. The monoisotopic (exact) mass is 992 g/mol. The van der Waals surface area contributed by atoms with Gasteiger partial charge in [-0.3, -0.25) is 29.2 Å². The Kier molecular flexibility index (Phi) is 14.8. The summed E-state index contributed by atoms with van der Waals surface area (Å²) in [5, 5.41) is 5.95. The minimum Gasteiger partial charge on any atom is -0.451 e. The molecule has 4 aliphatic rings. The van der Waals surface area contributed by atoms with Gasteiger partial charge in [-0.2, -0.15) is 0 Å². The average molecular weight is 993 g/mol. The molecule has 6 amide bonds. The van der Waals surface area contributed by atoms with Crippen LogP contribution in [-0.4, -0.2) is 120 Å². The van der Waals surface area contributed by atoms with Crippen LogP contribution < -0.4 is 10.6 Å². The Hall–Kier alpha value is -7.94. The fourth-order valence-corrected chi connectivity index (χ4v) is 11.3. The highest BCUT2D eigenvalue weighted by molar-refractivity contribution is 6.29. The summed E-state index contributed by atoms with van der Waals surface area (Å²) in [5.74, 6) is -3.13. The highest BCUT2D eigenvalue weighted by Crippen LogP contribution is 2.38. The van der Waals surface area contributed by atoms with Crippen molar-refractivity contribution in [3.8, 4) is 0 Å². The average Bonchev–Trinajstić information content (AvgIpc) is 3.86. The Bertz CT molecular complexity index is 2640. The standard InChI is InChI=1S/C60H60N6O8/c67-53(73-51(39-63-35-31-45(32-36-63)43-19-7-1-8-20-43)41-65-55(69)59(61-57(65)71,47-23-11-3-12-24-47)48-25-13-4-14-26-48)54(68)74-52(40-64-37-33-46(34-38-64)44-21-9-2-10-22-44)42-66-56(70)60(62-58(66)72,49-27-15-5-16-28-49)50-29-17-6-18-30-50/h1-30,45-46,51-52H,31-42H2,(H,61,71)(H,62,72). The van der Waals surface area contributed by atoms with E-state index in [0.29, 0.717) is 60.3 Å². The van der Waals surface area contributed by atoms with Crippen LogP contribution in [0.4, 0.5) is 9.59 Å². The second-order valence-corrected chi connectivity index (χ2v) is 19.7. The third-order valence-corrected chi connectivity index (χ3v) is 15.2. The van der Waals surface area contributed by atoms with Crippen LogP contribution >= 0.6 is 0 Å². The van der Waals surface area contributed by atoms with Gasteiger partial charge in [0, 0.05) is 13.1 Å². The van der Waals surface area contributed by atoms with E-state index in [0.717, 1.165) is 35.5 Å². The molecule has 378 valence electrons. The number of nitrogens with zero attached hydrogens (tertiary/aromatic N) is 4. The molecule has 4 aliphatic heterocycles. The van der Waals surface area contributed by atoms with Gasteiger partial charge in [0.15, 0.2) is 11.1 Å². The Morgan fingerprint density at radius 2 is 0.689 bits per heavy atom. The maximum atomic E-state index is 14.9. The summed E-state index contributed by atoms with van der Waals surface area (Å²) in [5.41, 5.74) is 1.56. The molecule has 2 atom stereocenters. The van der Waals surface area contributed by atoms with Crippen LogP contribution in [0.1, 0.15) is 70.9 Å². The first-order valence-corrected chi connectivity index (χ1v) is 25.6. The van der Waals surface area contributed by atoms with E-state index < -0.39 is 59.1 Å². The van der Waals surface area contributed by atoms with Crippen LogP contribution in [0.3, 0.4) is 0 Å². The number of ether oxygens (including phenoxy) is 2. The van der Waals surface area contributed by atoms with Crippen LogP contribution in [-0.2, 0) is 39.7 Å². The van der Waals surface area contributed by atoms with Crippen molar-refractivity contribution in [3.05, 3.63) is 215 Å². The molecule has 0 spiro atoms. The molecule has 2 unspecified atom stereocenters. The minimum absolute atomic E-state index is 0.116. The van der Waals surface area contributed by atoms with Gasteiger partial charge >= 0.3 is 24.0 Å². The van der Waals surface area contributed by atoms with Crippen LogP contribution in [0, 0.1) is 0 Å². The lowest BCUT2D eigenvalue weighted by Gasteiger charge is -2.35. The van der Waals surface area contributed by atoms with Gasteiger partial charge in [0.2, 0.25) is 0 Å². The van der Waals surface area contributed by atoms with E-state index in [-0.39, 0.29) is 26.2 Å². The van der Waals surface area contributed by atoms with Gasteiger partial charge in [0.05, 0.1) is 13.1 Å². The fourth-order valence-electron chi connectivity index (χ4n) is 11.3. The number of carbonyl (C=O) groups excluding carboxylic acids is 6. The zero-order valence-electron chi connectivity index (χ0n) is 41.2. The summed E-state index contributed by atoms with van der Waals surface area (Å²) in [6.07, 6.45) is 0.986. The molecule has 6 aromatic rings. The van der Waals surface area contributed by atoms with Crippen molar-refractivity contribution >= 4 is 35.8 Å². The van der Waals surface area contributed by atoms with Gasteiger partial charge in [-0.25, -0.2) is 19.2 Å². The number of nitrogens with one attached hydrogen (secondary N) is 2. The van der Waals surface area contributed by atoms with E-state index in [4.69, 9.17) is 9.47 Å². The molecule has 0 aliphatic carbocycles. The lowest BCUT2D eigenvalue weighted by atomic mass is 9.82. The SMILES string of the molecule is O=C(OC(CN1CCC(c2ccccc2)CC1)CN1C(=O)NC(c2ccccc2)(c2ccccc2)C1=O)C(=O)OC(CN1CCC(c2ccccc2)CC1)CN1C(=O)NC(c2ccccc2)(c2ccccc2)C1=O. The molecule has 4 saturated heterocycles. The summed E-state index contributed by atoms with van der Waals surface area (Å²) in [4.78, 5) is 93.1. The van der Waals surface area contributed by atoms with Gasteiger partial charge in [-0.15, -0.1) is 0 Å². The van der Waals surface area contributed by atoms with Gasteiger partial charge in [-0.1, -0.05) is 182 Å². The summed E-state index contributed by atoms with van der Waals surface area (Å²) >= 11 is 0. The molecule has 14 nitrogen and oxygen atoms in total. The molecule has 2 N–H and O–H groups in total. The smallest absolute Gasteiger partial charge is 0.417 e. The molecule has 6 aromatic carbocycles. The largest absolute Gasteiger partial charge is 0.451 e. The molecule has 0 bridgehead atoms. The maximum absolute atomic E-state index is 14.9. The molecule has 0 radical (unpaired) electrons. The van der Waals surface area contributed by atoms with Crippen molar-refractivity contribution < 1.29 is 38.2 Å². The molecular formula is C60H60N6O8. The Balaban J connectivity index is 0.906. The third kappa shape index (κ3) is 10.2. The third-order valence-electron chi connectivity index (χ3n) is 15.2. The van der Waals surface area contributed by atoms with Crippen molar-refractivity contribution in [2.75, 3.05) is 52.4 Å². The molecular weight excluding hydrogens is 933 g/mol. The van der Waals surface area contributed by atoms with Crippen LogP contribution in [0.2, 0.25) is 0 Å². The lowest BCUT2D eigenvalue weighted by Crippen LogP contribution is -2.50. The zero-order chi connectivity index (χ0) is 51.1. The topological polar surface area (TPSA) is 158 Å². The van der Waals surface area contributed by atoms with Crippen molar-refractivity contribution in [2.45, 2.75) is 60.8 Å². The van der Waals surface area contributed by atoms with Crippen molar-refractivity contribution in [1.29, 1.82) is 0 Å². The quantitative estimate of drug-likeness (QED) is 0.0564. The maximum Gasteiger partial charge on any atom is 0.417 e. The second-order valence-electron chi connectivity index (χ2n) is 19.7. The molecule has 74 heavy (non-hydrogen) atoms. The predicted octanol–water partition coefficient (Wildman–Crippen LogP) is 7.56. The molecule has 0 aromatic heterocycles. The highest BCUT2D eigenvalue weighted by Gasteiger charge is 2.56. The van der Waals surface area contributed by atoms with Crippen molar-refractivity contribution in [3.63, 3.8) is 0 Å². The highest BCUT2D eigenvalue weighted by atomic mass is 16.6.